The Balaban J connectivity index is 1.45. The highest BCUT2D eigenvalue weighted by atomic mass is 16.2. The highest BCUT2D eigenvalue weighted by Crippen LogP contribution is 2.26. The van der Waals surface area contributed by atoms with Crippen LogP contribution >= 0.6 is 0 Å². The molecule has 1 saturated carbocycles. The van der Waals surface area contributed by atoms with Crippen LogP contribution in [0.2, 0.25) is 0 Å². The van der Waals surface area contributed by atoms with Gasteiger partial charge in [0, 0.05) is 25.7 Å². The number of rotatable bonds is 7. The van der Waals surface area contributed by atoms with Gasteiger partial charge < -0.3 is 5.32 Å². The molecule has 1 aliphatic carbocycles. The summed E-state index contributed by atoms with van der Waals surface area (Å²) < 4.78 is 3.42. The lowest BCUT2D eigenvalue weighted by atomic mass is 9.87. The zero-order valence-corrected chi connectivity index (χ0v) is 16.7. The minimum Gasteiger partial charge on any atom is -0.354 e. The zero-order valence-electron chi connectivity index (χ0n) is 16.7. The van der Waals surface area contributed by atoms with Crippen LogP contribution in [0.25, 0.3) is 11.2 Å². The number of carbonyl (C=O) groups is 1. The summed E-state index contributed by atoms with van der Waals surface area (Å²) in [4.78, 5) is 29.8. The van der Waals surface area contributed by atoms with E-state index in [1.807, 2.05) is 42.5 Å². The number of pyridine rings is 1. The second-order valence-electron chi connectivity index (χ2n) is 7.91. The van der Waals surface area contributed by atoms with E-state index in [9.17, 15) is 9.59 Å². The zero-order chi connectivity index (χ0) is 20.1. The molecule has 0 radical (unpaired) electrons. The fourth-order valence-corrected chi connectivity index (χ4v) is 4.30. The summed E-state index contributed by atoms with van der Waals surface area (Å²) in [6, 6.07) is 13.7. The summed E-state index contributed by atoms with van der Waals surface area (Å²) in [5.41, 5.74) is 2.45. The number of amides is 1. The van der Waals surface area contributed by atoms with E-state index in [-0.39, 0.29) is 11.6 Å². The van der Waals surface area contributed by atoms with Crippen molar-refractivity contribution < 1.29 is 4.79 Å². The predicted molar refractivity (Wildman–Crippen MR) is 114 cm³/mol. The molecule has 2 heterocycles. The quantitative estimate of drug-likeness (QED) is 0.671. The Morgan fingerprint density at radius 3 is 2.62 bits per heavy atom. The van der Waals surface area contributed by atoms with E-state index < -0.39 is 0 Å². The van der Waals surface area contributed by atoms with Crippen LogP contribution in [0.4, 0.5) is 0 Å². The third kappa shape index (κ3) is 4.58. The summed E-state index contributed by atoms with van der Waals surface area (Å²) in [6.45, 7) is 1.36. The molecule has 1 fully saturated rings. The average Bonchev–Trinajstić information content (AvgIpc) is 3.01. The summed E-state index contributed by atoms with van der Waals surface area (Å²) in [7, 11) is 0. The first-order valence-corrected chi connectivity index (χ1v) is 10.6. The van der Waals surface area contributed by atoms with Crippen LogP contribution < -0.4 is 11.0 Å². The van der Waals surface area contributed by atoms with Crippen LogP contribution in [-0.4, -0.2) is 26.6 Å². The normalized spacial score (nSPS) is 14.9. The van der Waals surface area contributed by atoms with Crippen LogP contribution in [0.15, 0.2) is 53.5 Å². The molecule has 3 aromatic rings. The Morgan fingerprint density at radius 2 is 1.83 bits per heavy atom. The van der Waals surface area contributed by atoms with E-state index >= 15 is 0 Å². The molecule has 6 heteroatoms. The van der Waals surface area contributed by atoms with Gasteiger partial charge in [0.05, 0.1) is 12.1 Å². The van der Waals surface area contributed by atoms with Crippen LogP contribution in [0.3, 0.4) is 0 Å². The van der Waals surface area contributed by atoms with Gasteiger partial charge in [-0.3, -0.25) is 13.9 Å². The molecule has 6 nitrogen and oxygen atoms in total. The van der Waals surface area contributed by atoms with Crippen molar-refractivity contribution in [2.75, 3.05) is 6.54 Å². The summed E-state index contributed by atoms with van der Waals surface area (Å²) in [5, 5.41) is 2.99. The van der Waals surface area contributed by atoms with Gasteiger partial charge in [0.2, 0.25) is 5.91 Å². The molecular weight excluding hydrogens is 364 g/mol. The number of fused-ring (bicyclic) bond motifs is 1. The molecule has 0 unspecified atom stereocenters. The topological polar surface area (TPSA) is 68.9 Å². The molecule has 29 heavy (non-hydrogen) atoms. The number of hydrogen-bond acceptors (Lipinski definition) is 3. The number of nitrogens with one attached hydrogen (secondary N) is 1. The van der Waals surface area contributed by atoms with Crippen molar-refractivity contribution in [3.63, 3.8) is 0 Å². The van der Waals surface area contributed by atoms with E-state index in [1.54, 1.807) is 15.3 Å². The number of nitrogens with zero attached hydrogens (tertiary/aromatic N) is 3. The third-order valence-electron chi connectivity index (χ3n) is 5.81. The van der Waals surface area contributed by atoms with E-state index in [4.69, 9.17) is 0 Å². The maximum absolute atomic E-state index is 13.1. The monoisotopic (exact) mass is 392 g/mol. The molecule has 1 aromatic carbocycles. The van der Waals surface area contributed by atoms with E-state index in [0.29, 0.717) is 37.6 Å². The maximum Gasteiger partial charge on any atom is 0.330 e. The van der Waals surface area contributed by atoms with E-state index in [2.05, 4.69) is 10.3 Å². The average molecular weight is 393 g/mol. The van der Waals surface area contributed by atoms with Crippen LogP contribution in [0, 0.1) is 5.92 Å². The SMILES string of the molecule is O=C(CC1CCCCC1)NCCn1c(=O)n(Cc2ccccc2)c2cccnc21. The van der Waals surface area contributed by atoms with Crippen molar-refractivity contribution in [1.29, 1.82) is 0 Å². The molecule has 0 atom stereocenters. The molecule has 0 spiro atoms. The molecule has 1 amide bonds. The van der Waals surface area contributed by atoms with Crippen molar-refractivity contribution in [3.8, 4) is 0 Å². The Morgan fingerprint density at radius 1 is 1.03 bits per heavy atom. The number of carbonyl (C=O) groups excluding carboxylic acids is 1. The molecule has 2 aromatic heterocycles. The van der Waals surface area contributed by atoms with Gasteiger partial charge >= 0.3 is 5.69 Å². The summed E-state index contributed by atoms with van der Waals surface area (Å²) in [5.74, 6) is 0.604. The molecule has 1 N–H and O–H groups in total. The molecule has 4 rings (SSSR count). The second kappa shape index (κ2) is 9.07. The Kier molecular flexibility index (Phi) is 6.08. The van der Waals surface area contributed by atoms with Gasteiger partial charge in [0.15, 0.2) is 5.65 Å². The van der Waals surface area contributed by atoms with Crippen molar-refractivity contribution >= 4 is 17.1 Å². The van der Waals surface area contributed by atoms with Crippen LogP contribution in [-0.2, 0) is 17.9 Å². The van der Waals surface area contributed by atoms with Gasteiger partial charge in [0.25, 0.3) is 0 Å². The molecule has 1 aliphatic rings. The van der Waals surface area contributed by atoms with Crippen molar-refractivity contribution in [2.24, 2.45) is 5.92 Å². The third-order valence-corrected chi connectivity index (χ3v) is 5.81. The lowest BCUT2D eigenvalue weighted by Crippen LogP contribution is -2.32. The van der Waals surface area contributed by atoms with Gasteiger partial charge in [-0.25, -0.2) is 9.78 Å². The highest BCUT2D eigenvalue weighted by molar-refractivity contribution is 5.76. The Hall–Kier alpha value is -2.89. The van der Waals surface area contributed by atoms with Crippen molar-refractivity contribution in [3.05, 3.63) is 64.7 Å². The predicted octanol–water partition coefficient (Wildman–Crippen LogP) is 3.33. The smallest absolute Gasteiger partial charge is 0.330 e. The van der Waals surface area contributed by atoms with Gasteiger partial charge in [0.1, 0.15) is 0 Å². The first kappa shape index (κ1) is 19.4. The van der Waals surface area contributed by atoms with Crippen molar-refractivity contribution in [2.45, 2.75) is 51.6 Å². The van der Waals surface area contributed by atoms with E-state index in [0.717, 1.165) is 23.9 Å². The first-order valence-electron chi connectivity index (χ1n) is 10.6. The maximum atomic E-state index is 13.1. The number of imidazole rings is 1. The number of hydrogen-bond donors (Lipinski definition) is 1. The van der Waals surface area contributed by atoms with Crippen LogP contribution in [0.5, 0.6) is 0 Å². The lowest BCUT2D eigenvalue weighted by molar-refractivity contribution is -0.122. The van der Waals surface area contributed by atoms with Gasteiger partial charge in [-0.15, -0.1) is 0 Å². The van der Waals surface area contributed by atoms with Gasteiger partial charge in [-0.2, -0.15) is 0 Å². The molecule has 0 bridgehead atoms. The second-order valence-corrected chi connectivity index (χ2v) is 7.91. The summed E-state index contributed by atoms with van der Waals surface area (Å²) >= 11 is 0. The largest absolute Gasteiger partial charge is 0.354 e. The van der Waals surface area contributed by atoms with E-state index in [1.165, 1.54) is 19.3 Å². The molecule has 152 valence electrons. The minimum atomic E-state index is -0.0934. The minimum absolute atomic E-state index is 0.0888. The molecule has 0 aliphatic heterocycles. The number of aromatic nitrogens is 3. The van der Waals surface area contributed by atoms with Crippen LogP contribution in [0.1, 0.15) is 44.1 Å². The Bertz CT molecular complexity index is 1020. The first-order chi connectivity index (χ1) is 14.2. The Labute approximate surface area is 170 Å². The van der Waals surface area contributed by atoms with Gasteiger partial charge in [-0.1, -0.05) is 49.6 Å². The van der Waals surface area contributed by atoms with Crippen molar-refractivity contribution in [1.82, 2.24) is 19.4 Å². The lowest BCUT2D eigenvalue weighted by Gasteiger charge is -2.20. The molecule has 0 saturated heterocycles. The number of benzene rings is 1. The standard InChI is InChI=1S/C23H28N4O2/c28-21(16-18-8-3-1-4-9-18)24-14-15-26-22-20(12-7-13-25-22)27(23(26)29)17-19-10-5-2-6-11-19/h2,5-7,10-13,18H,1,3-4,8-9,14-17H2,(H,24,28). The van der Waals surface area contributed by atoms with Gasteiger partial charge in [-0.05, 0) is 36.5 Å². The fraction of sp³-hybridized carbons (Fsp3) is 0.435. The fourth-order valence-electron chi connectivity index (χ4n) is 4.30. The molecular formula is C23H28N4O2. The highest BCUT2D eigenvalue weighted by Gasteiger charge is 2.18. The summed E-state index contributed by atoms with van der Waals surface area (Å²) in [6.07, 6.45) is 8.38.